The molecular weight excluding hydrogens is 417 g/mol. The third-order valence-electron chi connectivity index (χ3n) is 5.06. The van der Waals surface area contributed by atoms with Gasteiger partial charge in [0.05, 0.1) is 22.2 Å². The van der Waals surface area contributed by atoms with Gasteiger partial charge in [-0.05, 0) is 51.0 Å². The molecule has 158 valence electrons. The smallest absolute Gasteiger partial charge is 0.416 e. The Labute approximate surface area is 174 Å². The summed E-state index contributed by atoms with van der Waals surface area (Å²) < 4.78 is 43.9. The third kappa shape index (κ3) is 4.09. The Morgan fingerprint density at radius 3 is 2.57 bits per heavy atom. The predicted molar refractivity (Wildman–Crippen MR) is 104 cm³/mol. The monoisotopic (exact) mass is 436 g/mol. The van der Waals surface area contributed by atoms with Crippen LogP contribution in [0.4, 0.5) is 13.2 Å². The first-order chi connectivity index (χ1) is 14.2. The molecule has 4 rings (SSSR count). The van der Waals surface area contributed by atoms with Crippen LogP contribution in [0, 0.1) is 13.8 Å². The first-order valence-corrected chi connectivity index (χ1v) is 10.3. The molecule has 30 heavy (non-hydrogen) atoms. The van der Waals surface area contributed by atoms with Crippen LogP contribution in [0.25, 0.3) is 11.5 Å². The van der Waals surface area contributed by atoms with Crippen LogP contribution in [-0.2, 0) is 6.18 Å². The van der Waals surface area contributed by atoms with E-state index in [1.807, 2.05) is 13.8 Å². The van der Waals surface area contributed by atoms with Gasteiger partial charge in [0.25, 0.3) is 5.91 Å². The van der Waals surface area contributed by atoms with Gasteiger partial charge in [0.15, 0.2) is 0 Å². The number of hydrogen-bond donors (Lipinski definition) is 0. The van der Waals surface area contributed by atoms with Gasteiger partial charge in [-0.2, -0.15) is 13.2 Å². The molecule has 0 bridgehead atoms. The fraction of sp³-hybridized carbons (Fsp3) is 0.400. The number of amides is 1. The van der Waals surface area contributed by atoms with Gasteiger partial charge in [0, 0.05) is 18.7 Å². The summed E-state index contributed by atoms with van der Waals surface area (Å²) in [7, 11) is 0. The van der Waals surface area contributed by atoms with Crippen molar-refractivity contribution in [1.29, 1.82) is 0 Å². The standard InChI is InChI=1S/C20H19F3N4O2S/c1-11-16(30-12(2)24-11)19(28)27-9-3-4-14(10-27)18-26-25-17(29-18)13-5-7-15(8-6-13)20(21,22)23/h5-8,14H,3-4,9-10H2,1-2H3. The van der Waals surface area contributed by atoms with Crippen molar-refractivity contribution in [1.82, 2.24) is 20.1 Å². The molecule has 1 saturated heterocycles. The quantitative estimate of drug-likeness (QED) is 0.587. The van der Waals surface area contributed by atoms with Gasteiger partial charge in [-0.15, -0.1) is 21.5 Å². The highest BCUT2D eigenvalue weighted by atomic mass is 32.1. The molecule has 1 aliphatic rings. The predicted octanol–water partition coefficient (Wildman–Crippen LogP) is 4.85. The summed E-state index contributed by atoms with van der Waals surface area (Å²) in [6, 6.07) is 4.59. The van der Waals surface area contributed by atoms with Gasteiger partial charge in [0.1, 0.15) is 4.88 Å². The van der Waals surface area contributed by atoms with E-state index in [2.05, 4.69) is 15.2 Å². The number of thiazole rings is 1. The average Bonchev–Trinajstić information content (AvgIpc) is 3.33. The highest BCUT2D eigenvalue weighted by Crippen LogP contribution is 2.33. The van der Waals surface area contributed by atoms with E-state index in [-0.39, 0.29) is 17.7 Å². The van der Waals surface area contributed by atoms with Crippen molar-refractivity contribution in [2.75, 3.05) is 13.1 Å². The van der Waals surface area contributed by atoms with Crippen molar-refractivity contribution in [2.24, 2.45) is 0 Å². The summed E-state index contributed by atoms with van der Waals surface area (Å²) in [5.41, 5.74) is 0.411. The molecule has 0 saturated carbocycles. The lowest BCUT2D eigenvalue weighted by Gasteiger charge is -2.30. The summed E-state index contributed by atoms with van der Waals surface area (Å²) in [4.78, 5) is 19.6. The van der Waals surface area contributed by atoms with E-state index in [4.69, 9.17) is 4.42 Å². The number of rotatable bonds is 3. The van der Waals surface area contributed by atoms with Crippen molar-refractivity contribution in [3.05, 3.63) is 51.3 Å². The number of benzene rings is 1. The maximum Gasteiger partial charge on any atom is 0.416 e. The van der Waals surface area contributed by atoms with E-state index in [1.54, 1.807) is 4.90 Å². The number of carbonyl (C=O) groups excluding carboxylic acids is 1. The Bertz CT molecular complexity index is 1060. The number of aryl methyl sites for hydroxylation is 2. The van der Waals surface area contributed by atoms with Crippen LogP contribution in [0.3, 0.4) is 0 Å². The van der Waals surface area contributed by atoms with E-state index in [9.17, 15) is 18.0 Å². The minimum absolute atomic E-state index is 0.0507. The molecule has 3 heterocycles. The van der Waals surface area contributed by atoms with Crippen molar-refractivity contribution in [2.45, 2.75) is 38.8 Å². The first-order valence-electron chi connectivity index (χ1n) is 9.46. The number of aromatic nitrogens is 3. The van der Waals surface area contributed by atoms with Crippen molar-refractivity contribution >= 4 is 17.2 Å². The highest BCUT2D eigenvalue weighted by Gasteiger charge is 2.32. The summed E-state index contributed by atoms with van der Waals surface area (Å²) in [6.07, 6.45) is -2.81. The molecule has 1 amide bonds. The summed E-state index contributed by atoms with van der Waals surface area (Å²) in [6.45, 7) is 4.79. The van der Waals surface area contributed by atoms with E-state index in [0.29, 0.717) is 29.4 Å². The number of nitrogens with zero attached hydrogens (tertiary/aromatic N) is 4. The van der Waals surface area contributed by atoms with Gasteiger partial charge in [-0.25, -0.2) is 4.98 Å². The number of alkyl halides is 3. The minimum Gasteiger partial charge on any atom is -0.420 e. The lowest BCUT2D eigenvalue weighted by Crippen LogP contribution is -2.39. The van der Waals surface area contributed by atoms with Crippen LogP contribution in [-0.4, -0.2) is 39.1 Å². The Hall–Kier alpha value is -2.75. The van der Waals surface area contributed by atoms with E-state index >= 15 is 0 Å². The number of hydrogen-bond acceptors (Lipinski definition) is 6. The second-order valence-electron chi connectivity index (χ2n) is 7.26. The molecule has 0 spiro atoms. The highest BCUT2D eigenvalue weighted by molar-refractivity contribution is 7.13. The first kappa shape index (κ1) is 20.5. The molecule has 2 aromatic heterocycles. The molecule has 1 aromatic carbocycles. The van der Waals surface area contributed by atoms with Crippen LogP contribution in [0.1, 0.15) is 50.6 Å². The summed E-state index contributed by atoms with van der Waals surface area (Å²) in [5.74, 6) is 0.383. The summed E-state index contributed by atoms with van der Waals surface area (Å²) >= 11 is 1.38. The molecule has 6 nitrogen and oxygen atoms in total. The molecule has 1 unspecified atom stereocenters. The Morgan fingerprint density at radius 2 is 1.93 bits per heavy atom. The summed E-state index contributed by atoms with van der Waals surface area (Å²) in [5, 5.41) is 8.93. The zero-order valence-electron chi connectivity index (χ0n) is 16.4. The van der Waals surface area contributed by atoms with Crippen LogP contribution in [0.15, 0.2) is 28.7 Å². The fourth-order valence-electron chi connectivity index (χ4n) is 3.55. The Morgan fingerprint density at radius 1 is 1.20 bits per heavy atom. The number of piperidine rings is 1. The molecule has 1 atom stereocenters. The maximum atomic E-state index is 12.9. The molecule has 1 fully saturated rings. The average molecular weight is 436 g/mol. The number of likely N-dealkylation sites (tertiary alicyclic amines) is 1. The molecule has 0 radical (unpaired) electrons. The SMILES string of the molecule is Cc1nc(C)c(C(=O)N2CCCC(c3nnc(-c4ccc(C(F)(F)F)cc4)o3)C2)s1. The topological polar surface area (TPSA) is 72.1 Å². The third-order valence-corrected chi connectivity index (χ3v) is 6.12. The van der Waals surface area contributed by atoms with Crippen LogP contribution < -0.4 is 0 Å². The zero-order chi connectivity index (χ0) is 21.5. The van der Waals surface area contributed by atoms with Crippen molar-refractivity contribution in [3.63, 3.8) is 0 Å². The lowest BCUT2D eigenvalue weighted by atomic mass is 9.98. The molecule has 10 heteroatoms. The van der Waals surface area contributed by atoms with Gasteiger partial charge in [-0.3, -0.25) is 4.79 Å². The second kappa shape index (κ2) is 7.82. The van der Waals surface area contributed by atoms with Crippen molar-refractivity contribution in [3.8, 4) is 11.5 Å². The van der Waals surface area contributed by atoms with Gasteiger partial charge < -0.3 is 9.32 Å². The van der Waals surface area contributed by atoms with Crippen LogP contribution in [0.2, 0.25) is 0 Å². The Balaban J connectivity index is 1.49. The van der Waals surface area contributed by atoms with Gasteiger partial charge >= 0.3 is 6.18 Å². The largest absolute Gasteiger partial charge is 0.420 e. The second-order valence-corrected chi connectivity index (χ2v) is 8.46. The van der Waals surface area contributed by atoms with Gasteiger partial charge in [-0.1, -0.05) is 0 Å². The number of carbonyl (C=O) groups is 1. The molecule has 3 aromatic rings. The van der Waals surface area contributed by atoms with Gasteiger partial charge in [0.2, 0.25) is 11.8 Å². The lowest BCUT2D eigenvalue weighted by molar-refractivity contribution is -0.137. The van der Waals surface area contributed by atoms with Crippen LogP contribution in [0.5, 0.6) is 0 Å². The fourth-order valence-corrected chi connectivity index (χ4v) is 4.44. The number of halogens is 3. The maximum absolute atomic E-state index is 12.9. The van der Waals surface area contributed by atoms with Crippen molar-refractivity contribution < 1.29 is 22.4 Å². The molecular formula is C20H19F3N4O2S. The van der Waals surface area contributed by atoms with Crippen LogP contribution >= 0.6 is 11.3 Å². The zero-order valence-corrected chi connectivity index (χ0v) is 17.2. The van der Waals surface area contributed by atoms with E-state index in [0.717, 1.165) is 35.7 Å². The molecule has 0 aliphatic carbocycles. The van der Waals surface area contributed by atoms with E-state index < -0.39 is 11.7 Å². The Kier molecular flexibility index (Phi) is 5.35. The molecule has 0 N–H and O–H groups in total. The minimum atomic E-state index is -4.40. The normalized spacial score (nSPS) is 17.4. The molecule has 1 aliphatic heterocycles. The van der Waals surface area contributed by atoms with E-state index in [1.165, 1.54) is 23.5 Å².